The van der Waals surface area contributed by atoms with Gasteiger partial charge in [0.05, 0.1) is 10.7 Å². The van der Waals surface area contributed by atoms with Crippen LogP contribution in [-0.2, 0) is 13.5 Å². The van der Waals surface area contributed by atoms with Gasteiger partial charge in [-0.3, -0.25) is 9.48 Å². The Morgan fingerprint density at radius 1 is 1.28 bits per heavy atom. The molecule has 4 heteroatoms. The molecule has 0 fully saturated rings. The second kappa shape index (κ2) is 5.06. The van der Waals surface area contributed by atoms with Crippen molar-refractivity contribution in [2.24, 2.45) is 7.05 Å². The number of aryl methyl sites for hydroxylation is 3. The van der Waals surface area contributed by atoms with Gasteiger partial charge in [0.2, 0.25) is 0 Å². The summed E-state index contributed by atoms with van der Waals surface area (Å²) in [5.41, 5.74) is 4.03. The maximum absolute atomic E-state index is 12.2. The normalized spacial score (nSPS) is 10.7. The predicted molar refractivity (Wildman–Crippen MR) is 74.9 cm³/mol. The molecule has 0 amide bonds. The second-order valence-electron chi connectivity index (χ2n) is 4.56. The highest BCUT2D eigenvalue weighted by atomic mass is 79.9. The topological polar surface area (TPSA) is 34.9 Å². The monoisotopic (exact) mass is 306 g/mol. The summed E-state index contributed by atoms with van der Waals surface area (Å²) in [5, 5.41) is 4.06. The van der Waals surface area contributed by atoms with Crippen molar-refractivity contribution in [1.29, 1.82) is 0 Å². The highest BCUT2D eigenvalue weighted by Crippen LogP contribution is 2.18. The Labute approximate surface area is 115 Å². The summed E-state index contributed by atoms with van der Waals surface area (Å²) in [7, 11) is 1.78. The summed E-state index contributed by atoms with van der Waals surface area (Å²) in [5.74, 6) is 0.0758. The molecule has 3 nitrogen and oxygen atoms in total. The maximum Gasteiger partial charge on any atom is 0.186 e. The largest absolute Gasteiger partial charge is 0.292 e. The third-order valence-electron chi connectivity index (χ3n) is 2.80. The first-order valence-corrected chi connectivity index (χ1v) is 6.54. The van der Waals surface area contributed by atoms with Gasteiger partial charge in [-0.25, -0.2) is 0 Å². The number of benzene rings is 1. The zero-order chi connectivity index (χ0) is 13.3. The number of hydrogen-bond donors (Lipinski definition) is 0. The van der Waals surface area contributed by atoms with Crippen molar-refractivity contribution in [1.82, 2.24) is 9.78 Å². The minimum Gasteiger partial charge on any atom is -0.292 e. The summed E-state index contributed by atoms with van der Waals surface area (Å²) in [6.45, 7) is 4.09. The molecule has 1 heterocycles. The molecule has 94 valence electrons. The number of Topliss-reactive ketones (excluding diaryl/α,β-unsaturated/α-hetero) is 1. The molecule has 0 aliphatic rings. The van der Waals surface area contributed by atoms with Gasteiger partial charge in [-0.05, 0) is 35.3 Å². The Balaban J connectivity index is 2.27. The number of rotatable bonds is 3. The highest BCUT2D eigenvalue weighted by Gasteiger charge is 2.15. The van der Waals surface area contributed by atoms with Crippen LogP contribution in [0, 0.1) is 13.8 Å². The van der Waals surface area contributed by atoms with Crippen LogP contribution in [-0.4, -0.2) is 15.6 Å². The molecule has 2 aromatic rings. The minimum atomic E-state index is 0.0758. The third kappa shape index (κ3) is 2.70. The molecule has 0 aliphatic heterocycles. The van der Waals surface area contributed by atoms with Crippen molar-refractivity contribution >= 4 is 21.7 Å². The Morgan fingerprint density at radius 3 is 2.39 bits per heavy atom. The van der Waals surface area contributed by atoms with E-state index in [1.807, 2.05) is 13.8 Å². The standard InChI is InChI=1S/C14H15BrN2O/c1-9-4-10(2)6-11(5-9)7-13(18)14-12(15)8-16-17(14)3/h4-6,8H,7H2,1-3H3. The quantitative estimate of drug-likeness (QED) is 0.816. The number of aromatic nitrogens is 2. The molecule has 0 bridgehead atoms. The Hall–Kier alpha value is -1.42. The van der Waals surface area contributed by atoms with Gasteiger partial charge in [-0.2, -0.15) is 5.10 Å². The second-order valence-corrected chi connectivity index (χ2v) is 5.41. The van der Waals surface area contributed by atoms with Crippen LogP contribution in [0.15, 0.2) is 28.9 Å². The van der Waals surface area contributed by atoms with Crippen LogP contribution >= 0.6 is 15.9 Å². The molecule has 0 saturated heterocycles. The first-order chi connectivity index (χ1) is 8.47. The van der Waals surface area contributed by atoms with Crippen molar-refractivity contribution in [3.8, 4) is 0 Å². The lowest BCUT2D eigenvalue weighted by Crippen LogP contribution is -2.10. The molecule has 0 aliphatic carbocycles. The summed E-state index contributed by atoms with van der Waals surface area (Å²) >= 11 is 3.36. The lowest BCUT2D eigenvalue weighted by molar-refractivity contribution is 0.0983. The van der Waals surface area contributed by atoms with Crippen molar-refractivity contribution in [2.45, 2.75) is 20.3 Å². The highest BCUT2D eigenvalue weighted by molar-refractivity contribution is 9.10. The number of carbonyl (C=O) groups excluding carboxylic acids is 1. The van der Waals surface area contributed by atoms with E-state index in [9.17, 15) is 4.79 Å². The van der Waals surface area contributed by atoms with Crippen LogP contribution in [0.25, 0.3) is 0 Å². The van der Waals surface area contributed by atoms with Crippen molar-refractivity contribution in [2.75, 3.05) is 0 Å². The van der Waals surface area contributed by atoms with Gasteiger partial charge in [0.1, 0.15) is 5.69 Å². The minimum absolute atomic E-state index is 0.0758. The first kappa shape index (κ1) is 13.0. The first-order valence-electron chi connectivity index (χ1n) is 5.75. The fraction of sp³-hybridized carbons (Fsp3) is 0.286. The van der Waals surface area contributed by atoms with Crippen molar-refractivity contribution in [3.63, 3.8) is 0 Å². The van der Waals surface area contributed by atoms with E-state index in [-0.39, 0.29) is 5.78 Å². The zero-order valence-electron chi connectivity index (χ0n) is 10.7. The zero-order valence-corrected chi connectivity index (χ0v) is 12.3. The van der Waals surface area contributed by atoms with Crippen LogP contribution in [0.4, 0.5) is 0 Å². The van der Waals surface area contributed by atoms with Crippen molar-refractivity contribution in [3.05, 3.63) is 51.3 Å². The molecular weight excluding hydrogens is 292 g/mol. The van der Waals surface area contributed by atoms with Gasteiger partial charge >= 0.3 is 0 Å². The van der Waals surface area contributed by atoms with Crippen LogP contribution in [0.5, 0.6) is 0 Å². The van der Waals surface area contributed by atoms with Crippen LogP contribution < -0.4 is 0 Å². The van der Waals surface area contributed by atoms with Crippen LogP contribution in [0.1, 0.15) is 27.2 Å². The summed E-state index contributed by atoms with van der Waals surface area (Å²) in [6, 6.07) is 6.21. The van der Waals surface area contributed by atoms with Gasteiger partial charge in [0.25, 0.3) is 0 Å². The van der Waals surface area contributed by atoms with E-state index >= 15 is 0 Å². The fourth-order valence-electron chi connectivity index (χ4n) is 2.16. The number of ketones is 1. The van der Waals surface area contributed by atoms with E-state index < -0.39 is 0 Å². The van der Waals surface area contributed by atoms with Gasteiger partial charge in [0, 0.05) is 13.5 Å². The number of nitrogens with zero attached hydrogens (tertiary/aromatic N) is 2. The third-order valence-corrected chi connectivity index (χ3v) is 3.38. The average molecular weight is 307 g/mol. The molecule has 18 heavy (non-hydrogen) atoms. The van der Waals surface area contributed by atoms with Gasteiger partial charge < -0.3 is 0 Å². The van der Waals surface area contributed by atoms with Gasteiger partial charge in [0.15, 0.2) is 5.78 Å². The van der Waals surface area contributed by atoms with Crippen LogP contribution in [0.2, 0.25) is 0 Å². The molecule has 0 spiro atoms. The Bertz CT molecular complexity index is 562. The molecule has 0 saturated carbocycles. The van der Waals surface area contributed by atoms with E-state index in [0.717, 1.165) is 10.0 Å². The van der Waals surface area contributed by atoms with Crippen LogP contribution in [0.3, 0.4) is 0 Å². The molecule has 1 aromatic heterocycles. The van der Waals surface area contributed by atoms with Crippen molar-refractivity contribution < 1.29 is 4.79 Å². The molecule has 0 radical (unpaired) electrons. The van der Waals surface area contributed by atoms with Gasteiger partial charge in [-0.1, -0.05) is 29.3 Å². The predicted octanol–water partition coefficient (Wildman–Crippen LogP) is 3.22. The smallest absolute Gasteiger partial charge is 0.186 e. The number of halogens is 1. The molecule has 0 N–H and O–H groups in total. The maximum atomic E-state index is 12.2. The summed E-state index contributed by atoms with van der Waals surface area (Å²) < 4.78 is 2.36. The van der Waals surface area contributed by atoms with Gasteiger partial charge in [-0.15, -0.1) is 0 Å². The molecule has 0 atom stereocenters. The molecular formula is C14H15BrN2O. The van der Waals surface area contributed by atoms with E-state index in [1.54, 1.807) is 17.9 Å². The fourth-order valence-corrected chi connectivity index (χ4v) is 2.73. The average Bonchev–Trinajstić information content (AvgIpc) is 2.56. The molecule has 1 aromatic carbocycles. The molecule has 0 unspecified atom stereocenters. The molecule has 2 rings (SSSR count). The van der Waals surface area contributed by atoms with E-state index in [4.69, 9.17) is 0 Å². The summed E-state index contributed by atoms with van der Waals surface area (Å²) in [4.78, 5) is 12.2. The van der Waals surface area contributed by atoms with E-state index in [0.29, 0.717) is 12.1 Å². The SMILES string of the molecule is Cc1cc(C)cc(CC(=O)c2c(Br)cnn2C)c1. The Kier molecular flexibility index (Phi) is 3.66. The lowest BCUT2D eigenvalue weighted by Gasteiger charge is -2.05. The lowest BCUT2D eigenvalue weighted by atomic mass is 10.0. The number of hydrogen-bond acceptors (Lipinski definition) is 2. The summed E-state index contributed by atoms with van der Waals surface area (Å²) in [6.07, 6.45) is 2.05. The van der Waals surface area contributed by atoms with E-state index in [1.165, 1.54) is 11.1 Å². The van der Waals surface area contributed by atoms with E-state index in [2.05, 4.69) is 39.2 Å². The Morgan fingerprint density at radius 2 is 1.89 bits per heavy atom. The number of carbonyl (C=O) groups is 1.